The molecule has 0 aliphatic heterocycles. The molecule has 0 radical (unpaired) electrons. The molecule has 0 aromatic carbocycles. The second-order valence-corrected chi connectivity index (χ2v) is 5.59. The lowest BCUT2D eigenvalue weighted by Gasteiger charge is -2.32. The number of hydrogen-bond acceptors (Lipinski definition) is 5. The largest absolute Gasteiger partial charge is 0.339 e. The Balaban J connectivity index is 1.79. The van der Waals surface area contributed by atoms with Gasteiger partial charge in [-0.1, -0.05) is 24.4 Å². The second kappa shape index (κ2) is 5.71. The van der Waals surface area contributed by atoms with Gasteiger partial charge < -0.3 is 10.3 Å². The summed E-state index contributed by atoms with van der Waals surface area (Å²) in [6.07, 6.45) is 10.0. The average Bonchev–Trinajstić information content (AvgIpc) is 2.98. The summed E-state index contributed by atoms with van der Waals surface area (Å²) in [6.45, 7) is 0.587. The highest BCUT2D eigenvalue weighted by atomic mass is 16.5. The lowest BCUT2D eigenvalue weighted by Crippen LogP contribution is -2.37. The molecule has 0 atom stereocenters. The van der Waals surface area contributed by atoms with Crippen molar-refractivity contribution in [3.05, 3.63) is 41.8 Å². The number of pyridine rings is 1. The van der Waals surface area contributed by atoms with Gasteiger partial charge in [-0.2, -0.15) is 4.98 Å². The van der Waals surface area contributed by atoms with Crippen molar-refractivity contribution in [2.75, 3.05) is 6.54 Å². The van der Waals surface area contributed by atoms with Crippen molar-refractivity contribution in [1.82, 2.24) is 15.1 Å². The molecule has 0 unspecified atom stereocenters. The first-order valence-corrected chi connectivity index (χ1v) is 7.24. The van der Waals surface area contributed by atoms with Crippen molar-refractivity contribution in [2.45, 2.75) is 43.9 Å². The molecule has 0 bridgehead atoms. The minimum Gasteiger partial charge on any atom is -0.339 e. The van der Waals surface area contributed by atoms with Crippen molar-refractivity contribution in [2.24, 2.45) is 5.73 Å². The van der Waals surface area contributed by atoms with Gasteiger partial charge in [-0.05, 0) is 30.5 Å². The maximum absolute atomic E-state index is 6.00. The summed E-state index contributed by atoms with van der Waals surface area (Å²) in [7, 11) is 0. The van der Waals surface area contributed by atoms with Crippen molar-refractivity contribution in [3.8, 4) is 0 Å². The Morgan fingerprint density at radius 1 is 1.15 bits per heavy atom. The zero-order chi connectivity index (χ0) is 13.8. The van der Waals surface area contributed by atoms with Crippen LogP contribution in [-0.4, -0.2) is 21.7 Å². The highest BCUT2D eigenvalue weighted by Gasteiger charge is 2.37. The highest BCUT2D eigenvalue weighted by molar-refractivity contribution is 5.16. The van der Waals surface area contributed by atoms with Gasteiger partial charge >= 0.3 is 0 Å². The molecule has 1 aliphatic carbocycles. The molecule has 1 fully saturated rings. The van der Waals surface area contributed by atoms with Crippen LogP contribution in [-0.2, 0) is 11.8 Å². The summed E-state index contributed by atoms with van der Waals surface area (Å²) < 4.78 is 5.51. The maximum atomic E-state index is 6.00. The van der Waals surface area contributed by atoms with E-state index >= 15 is 0 Å². The van der Waals surface area contributed by atoms with Crippen LogP contribution in [0, 0.1) is 0 Å². The van der Waals surface area contributed by atoms with E-state index in [1.807, 2.05) is 12.1 Å². The number of nitrogens with zero attached hydrogens (tertiary/aromatic N) is 3. The van der Waals surface area contributed by atoms with Gasteiger partial charge in [0.05, 0.1) is 5.41 Å². The molecule has 0 saturated heterocycles. The lowest BCUT2D eigenvalue weighted by molar-refractivity contribution is 0.219. The first-order chi connectivity index (χ1) is 9.82. The molecule has 2 aromatic heterocycles. The van der Waals surface area contributed by atoms with Crippen LogP contribution in [0.2, 0.25) is 0 Å². The average molecular weight is 272 g/mol. The Bertz CT molecular complexity index is 546. The van der Waals surface area contributed by atoms with Crippen LogP contribution in [0.1, 0.15) is 49.4 Å². The Morgan fingerprint density at radius 2 is 1.90 bits per heavy atom. The van der Waals surface area contributed by atoms with E-state index < -0.39 is 0 Å². The Hall–Kier alpha value is -1.75. The van der Waals surface area contributed by atoms with Crippen molar-refractivity contribution >= 4 is 0 Å². The Kier molecular flexibility index (Phi) is 3.78. The van der Waals surface area contributed by atoms with Gasteiger partial charge in [-0.3, -0.25) is 4.98 Å². The SMILES string of the molecule is NCC1(c2nc(Cc3ccncc3)no2)CCCCC1. The van der Waals surface area contributed by atoms with E-state index in [2.05, 4.69) is 15.1 Å². The van der Waals surface area contributed by atoms with Crippen LogP contribution in [0.3, 0.4) is 0 Å². The molecule has 1 saturated carbocycles. The van der Waals surface area contributed by atoms with Gasteiger partial charge in [0.2, 0.25) is 5.89 Å². The van der Waals surface area contributed by atoms with E-state index in [9.17, 15) is 0 Å². The third-order valence-corrected chi connectivity index (χ3v) is 4.23. The van der Waals surface area contributed by atoms with E-state index in [1.54, 1.807) is 12.4 Å². The van der Waals surface area contributed by atoms with E-state index in [4.69, 9.17) is 10.3 Å². The maximum Gasteiger partial charge on any atom is 0.234 e. The molecule has 2 heterocycles. The van der Waals surface area contributed by atoms with E-state index in [-0.39, 0.29) is 5.41 Å². The topological polar surface area (TPSA) is 77.8 Å². The van der Waals surface area contributed by atoms with Gasteiger partial charge in [0.15, 0.2) is 5.82 Å². The van der Waals surface area contributed by atoms with Gasteiger partial charge in [-0.15, -0.1) is 0 Å². The van der Waals surface area contributed by atoms with Crippen molar-refractivity contribution in [3.63, 3.8) is 0 Å². The fraction of sp³-hybridized carbons (Fsp3) is 0.533. The van der Waals surface area contributed by atoms with Crippen molar-refractivity contribution < 1.29 is 4.52 Å². The Labute approximate surface area is 118 Å². The molecule has 3 rings (SSSR count). The second-order valence-electron chi connectivity index (χ2n) is 5.59. The van der Waals surface area contributed by atoms with E-state index in [0.717, 1.165) is 30.1 Å². The summed E-state index contributed by atoms with van der Waals surface area (Å²) in [4.78, 5) is 8.60. The summed E-state index contributed by atoms with van der Waals surface area (Å²) in [5.74, 6) is 1.45. The molecule has 2 N–H and O–H groups in total. The van der Waals surface area contributed by atoms with Gasteiger partial charge in [0, 0.05) is 25.4 Å². The summed E-state index contributed by atoms with van der Waals surface area (Å²) in [6, 6.07) is 3.94. The first-order valence-electron chi connectivity index (χ1n) is 7.24. The monoisotopic (exact) mass is 272 g/mol. The van der Waals surface area contributed by atoms with E-state index in [1.165, 1.54) is 19.3 Å². The van der Waals surface area contributed by atoms with Crippen LogP contribution in [0.15, 0.2) is 29.0 Å². The number of rotatable bonds is 4. The molecule has 5 nitrogen and oxygen atoms in total. The zero-order valence-electron chi connectivity index (χ0n) is 11.6. The van der Waals surface area contributed by atoms with Crippen LogP contribution in [0.4, 0.5) is 0 Å². The molecule has 2 aromatic rings. The summed E-state index contributed by atoms with van der Waals surface area (Å²) in [5, 5.41) is 4.12. The van der Waals surface area contributed by atoms with Gasteiger partial charge in [-0.25, -0.2) is 0 Å². The molecular formula is C15H20N4O. The molecular weight excluding hydrogens is 252 g/mol. The summed E-state index contributed by atoms with van der Waals surface area (Å²) >= 11 is 0. The van der Waals surface area contributed by atoms with Crippen LogP contribution >= 0.6 is 0 Å². The summed E-state index contributed by atoms with van der Waals surface area (Å²) in [5.41, 5.74) is 7.04. The molecule has 0 amide bonds. The van der Waals surface area contributed by atoms with Crippen LogP contribution in [0.5, 0.6) is 0 Å². The quantitative estimate of drug-likeness (QED) is 0.923. The van der Waals surface area contributed by atoms with Gasteiger partial charge in [0.1, 0.15) is 0 Å². The smallest absolute Gasteiger partial charge is 0.234 e. The third kappa shape index (κ3) is 2.58. The minimum absolute atomic E-state index is 0.0955. The van der Waals surface area contributed by atoms with Gasteiger partial charge in [0.25, 0.3) is 0 Å². The third-order valence-electron chi connectivity index (χ3n) is 4.23. The highest BCUT2D eigenvalue weighted by Crippen LogP contribution is 2.37. The fourth-order valence-corrected chi connectivity index (χ4v) is 2.96. The molecule has 1 aliphatic rings. The minimum atomic E-state index is -0.0955. The Morgan fingerprint density at radius 3 is 2.60 bits per heavy atom. The number of nitrogens with two attached hydrogens (primary N) is 1. The molecule has 106 valence electrons. The van der Waals surface area contributed by atoms with Crippen molar-refractivity contribution in [1.29, 1.82) is 0 Å². The zero-order valence-corrected chi connectivity index (χ0v) is 11.6. The molecule has 20 heavy (non-hydrogen) atoms. The predicted octanol–water partition coefficient (Wildman–Crippen LogP) is 2.22. The first kappa shape index (κ1) is 13.2. The van der Waals surface area contributed by atoms with E-state index in [0.29, 0.717) is 13.0 Å². The number of hydrogen-bond donors (Lipinski definition) is 1. The lowest BCUT2D eigenvalue weighted by atomic mass is 9.74. The van der Waals surface area contributed by atoms with Crippen LogP contribution < -0.4 is 5.73 Å². The molecule has 5 heteroatoms. The predicted molar refractivity (Wildman–Crippen MR) is 75.2 cm³/mol. The standard InChI is InChI=1S/C15H20N4O/c16-11-15(6-2-1-3-7-15)14-18-13(19-20-14)10-12-4-8-17-9-5-12/h4-5,8-9H,1-3,6-7,10-11,16H2. The molecule has 0 spiro atoms. The number of aromatic nitrogens is 3. The normalized spacial score (nSPS) is 18.1. The fourth-order valence-electron chi connectivity index (χ4n) is 2.96. The van der Waals surface area contributed by atoms with Crippen LogP contribution in [0.25, 0.3) is 0 Å².